The monoisotopic (exact) mass is 255 g/mol. The van der Waals surface area contributed by atoms with E-state index >= 15 is 0 Å². The lowest BCUT2D eigenvalue weighted by Crippen LogP contribution is -2.37. The minimum Gasteiger partial charge on any atom is -0.371 e. The molecule has 1 heterocycles. The standard InChI is InChI=1S/C11H11BrFN/c1-14-8-4-2-6(8)10-9(14)5-3-7(12)11(10)13/h3,5-6,8H,2,4H2,1H3. The lowest BCUT2D eigenvalue weighted by Gasteiger charge is -2.35. The summed E-state index contributed by atoms with van der Waals surface area (Å²) in [5, 5.41) is 0. The first-order valence-corrected chi connectivity index (χ1v) is 5.70. The molecule has 14 heavy (non-hydrogen) atoms. The fraction of sp³-hybridized carbons (Fsp3) is 0.455. The SMILES string of the molecule is CN1c2ccc(Br)c(F)c2C2CCC21. The molecule has 1 saturated carbocycles. The summed E-state index contributed by atoms with van der Waals surface area (Å²) in [5.74, 6) is 0.383. The molecule has 1 aromatic carbocycles. The molecule has 0 N–H and O–H groups in total. The van der Waals surface area contributed by atoms with Crippen molar-refractivity contribution in [3.05, 3.63) is 28.0 Å². The molecule has 1 aliphatic heterocycles. The van der Waals surface area contributed by atoms with Gasteiger partial charge in [-0.3, -0.25) is 0 Å². The molecule has 3 rings (SSSR count). The van der Waals surface area contributed by atoms with Gasteiger partial charge in [-0.1, -0.05) is 0 Å². The highest BCUT2D eigenvalue weighted by molar-refractivity contribution is 9.10. The van der Waals surface area contributed by atoms with E-state index in [0.29, 0.717) is 16.4 Å². The first kappa shape index (κ1) is 8.72. The van der Waals surface area contributed by atoms with Gasteiger partial charge in [0, 0.05) is 30.3 Å². The van der Waals surface area contributed by atoms with Gasteiger partial charge in [-0.25, -0.2) is 4.39 Å². The van der Waals surface area contributed by atoms with Crippen molar-refractivity contribution in [2.24, 2.45) is 0 Å². The van der Waals surface area contributed by atoms with E-state index < -0.39 is 0 Å². The molecule has 2 atom stereocenters. The molecular formula is C11H11BrFN. The van der Waals surface area contributed by atoms with Crippen molar-refractivity contribution in [2.75, 3.05) is 11.9 Å². The number of anilines is 1. The predicted molar refractivity (Wildman–Crippen MR) is 58.3 cm³/mol. The minimum absolute atomic E-state index is 0.0541. The van der Waals surface area contributed by atoms with E-state index in [1.54, 1.807) is 6.07 Å². The Morgan fingerprint density at radius 1 is 1.43 bits per heavy atom. The largest absolute Gasteiger partial charge is 0.371 e. The first-order chi connectivity index (χ1) is 6.70. The van der Waals surface area contributed by atoms with Crippen LogP contribution in [0.15, 0.2) is 16.6 Å². The van der Waals surface area contributed by atoms with Crippen LogP contribution in [-0.4, -0.2) is 13.1 Å². The molecule has 74 valence electrons. The van der Waals surface area contributed by atoms with E-state index in [1.165, 1.54) is 6.42 Å². The number of benzene rings is 1. The highest BCUT2D eigenvalue weighted by atomic mass is 79.9. The summed E-state index contributed by atoms with van der Waals surface area (Å²) in [4.78, 5) is 2.22. The van der Waals surface area contributed by atoms with Crippen LogP contribution in [0.4, 0.5) is 10.1 Å². The summed E-state index contributed by atoms with van der Waals surface area (Å²) < 4.78 is 14.5. The Morgan fingerprint density at radius 2 is 2.21 bits per heavy atom. The highest BCUT2D eigenvalue weighted by Crippen LogP contribution is 2.52. The highest BCUT2D eigenvalue weighted by Gasteiger charge is 2.44. The first-order valence-electron chi connectivity index (χ1n) is 4.91. The Labute approximate surface area is 91.0 Å². The van der Waals surface area contributed by atoms with E-state index in [1.807, 2.05) is 6.07 Å². The molecule has 1 aromatic rings. The number of hydrogen-bond acceptors (Lipinski definition) is 1. The summed E-state index contributed by atoms with van der Waals surface area (Å²) in [6.45, 7) is 0. The molecule has 0 aromatic heterocycles. The van der Waals surface area contributed by atoms with Crippen molar-refractivity contribution in [3.63, 3.8) is 0 Å². The predicted octanol–water partition coefficient (Wildman–Crippen LogP) is 3.28. The third-order valence-electron chi connectivity index (χ3n) is 3.60. The Balaban J connectivity index is 2.22. The second kappa shape index (κ2) is 2.72. The normalized spacial score (nSPS) is 28.4. The van der Waals surface area contributed by atoms with Gasteiger partial charge in [-0.05, 0) is 40.9 Å². The molecule has 1 nitrogen and oxygen atoms in total. The van der Waals surface area contributed by atoms with Gasteiger partial charge < -0.3 is 4.90 Å². The fourth-order valence-corrected chi connectivity index (χ4v) is 3.02. The van der Waals surface area contributed by atoms with Crippen molar-refractivity contribution in [1.82, 2.24) is 0 Å². The quantitative estimate of drug-likeness (QED) is 0.688. The molecule has 3 heteroatoms. The third-order valence-corrected chi connectivity index (χ3v) is 4.21. The fourth-order valence-electron chi connectivity index (χ4n) is 2.68. The van der Waals surface area contributed by atoms with Gasteiger partial charge in [-0.15, -0.1) is 0 Å². The van der Waals surface area contributed by atoms with Crippen LogP contribution in [0.25, 0.3) is 0 Å². The smallest absolute Gasteiger partial charge is 0.142 e. The van der Waals surface area contributed by atoms with Crippen molar-refractivity contribution in [2.45, 2.75) is 24.8 Å². The Morgan fingerprint density at radius 3 is 2.86 bits per heavy atom. The van der Waals surface area contributed by atoms with E-state index in [0.717, 1.165) is 17.7 Å². The van der Waals surface area contributed by atoms with Crippen LogP contribution >= 0.6 is 15.9 Å². The number of likely N-dealkylation sites (N-methyl/N-ethyl adjacent to an activating group) is 1. The molecule has 0 spiro atoms. The molecule has 0 radical (unpaired) electrons. The van der Waals surface area contributed by atoms with Gasteiger partial charge in [0.2, 0.25) is 0 Å². The molecule has 2 unspecified atom stereocenters. The zero-order valence-electron chi connectivity index (χ0n) is 7.93. The number of fused-ring (bicyclic) bond motifs is 3. The third kappa shape index (κ3) is 0.888. The van der Waals surface area contributed by atoms with Crippen molar-refractivity contribution < 1.29 is 4.39 Å². The van der Waals surface area contributed by atoms with Crippen LogP contribution in [0.5, 0.6) is 0 Å². The molecule has 0 saturated heterocycles. The lowest BCUT2D eigenvalue weighted by molar-refractivity contribution is 0.352. The average molecular weight is 256 g/mol. The molecule has 0 amide bonds. The Hall–Kier alpha value is -0.570. The summed E-state index contributed by atoms with van der Waals surface area (Å²) in [5.41, 5.74) is 2.01. The topological polar surface area (TPSA) is 3.24 Å². The van der Waals surface area contributed by atoms with E-state index in [4.69, 9.17) is 0 Å². The summed E-state index contributed by atoms with van der Waals surface area (Å²) in [6, 6.07) is 4.37. The van der Waals surface area contributed by atoms with Crippen molar-refractivity contribution in [1.29, 1.82) is 0 Å². The maximum absolute atomic E-state index is 13.9. The van der Waals surface area contributed by atoms with Crippen molar-refractivity contribution >= 4 is 21.6 Å². The number of halogens is 2. The van der Waals surface area contributed by atoms with Crippen molar-refractivity contribution in [3.8, 4) is 0 Å². The molecular weight excluding hydrogens is 245 g/mol. The maximum Gasteiger partial charge on any atom is 0.142 e. The maximum atomic E-state index is 13.9. The van der Waals surface area contributed by atoms with Crippen LogP contribution in [0.1, 0.15) is 24.3 Å². The molecule has 2 aliphatic rings. The lowest BCUT2D eigenvalue weighted by atomic mass is 9.77. The summed E-state index contributed by atoms with van der Waals surface area (Å²) in [7, 11) is 2.07. The second-order valence-electron chi connectivity index (χ2n) is 4.16. The summed E-state index contributed by atoms with van der Waals surface area (Å²) >= 11 is 3.25. The second-order valence-corrected chi connectivity index (χ2v) is 5.01. The summed E-state index contributed by atoms with van der Waals surface area (Å²) in [6.07, 6.45) is 2.34. The van der Waals surface area contributed by atoms with E-state index in [9.17, 15) is 4.39 Å². The van der Waals surface area contributed by atoms with Gasteiger partial charge in [0.1, 0.15) is 5.82 Å². The zero-order valence-corrected chi connectivity index (χ0v) is 9.51. The van der Waals surface area contributed by atoms with Crippen LogP contribution in [-0.2, 0) is 0 Å². The van der Waals surface area contributed by atoms with Gasteiger partial charge in [0.15, 0.2) is 0 Å². The van der Waals surface area contributed by atoms with Gasteiger partial charge in [0.05, 0.1) is 4.47 Å². The Kier molecular flexibility index (Phi) is 1.69. The van der Waals surface area contributed by atoms with Crippen LogP contribution in [0, 0.1) is 5.82 Å². The molecule has 0 bridgehead atoms. The van der Waals surface area contributed by atoms with E-state index in [-0.39, 0.29) is 5.82 Å². The zero-order chi connectivity index (χ0) is 9.87. The van der Waals surface area contributed by atoms with Gasteiger partial charge >= 0.3 is 0 Å². The molecule has 1 fully saturated rings. The number of nitrogens with zero attached hydrogens (tertiary/aromatic N) is 1. The molecule has 1 aliphatic carbocycles. The average Bonchev–Trinajstić information content (AvgIpc) is 2.28. The minimum atomic E-state index is -0.0541. The number of hydrogen-bond donors (Lipinski definition) is 0. The van der Waals surface area contributed by atoms with Gasteiger partial charge in [0.25, 0.3) is 0 Å². The van der Waals surface area contributed by atoms with Crippen LogP contribution in [0.2, 0.25) is 0 Å². The van der Waals surface area contributed by atoms with E-state index in [2.05, 4.69) is 27.9 Å². The van der Waals surface area contributed by atoms with Crippen LogP contribution < -0.4 is 4.90 Å². The Bertz CT molecular complexity index is 405. The number of rotatable bonds is 0. The van der Waals surface area contributed by atoms with Gasteiger partial charge in [-0.2, -0.15) is 0 Å². The van der Waals surface area contributed by atoms with Crippen LogP contribution in [0.3, 0.4) is 0 Å².